The van der Waals surface area contributed by atoms with E-state index in [9.17, 15) is 9.50 Å². The first kappa shape index (κ1) is 12.8. The monoisotopic (exact) mass is 267 g/mol. The molecule has 0 amide bonds. The largest absolute Gasteiger partial charge is 0.384 e. The van der Waals surface area contributed by atoms with Crippen LogP contribution < -0.4 is 0 Å². The molecule has 3 heteroatoms. The Morgan fingerprint density at radius 2 is 1.85 bits per heavy atom. The van der Waals surface area contributed by atoms with Crippen LogP contribution in [0.15, 0.2) is 54.7 Å². The SMILES string of the molecule is Cc1cc(F)cc(C(O)c2cnc3ccccc3c2)c1. The first-order valence-electron chi connectivity index (χ1n) is 6.43. The molecule has 1 unspecified atom stereocenters. The van der Waals surface area contributed by atoms with E-state index in [-0.39, 0.29) is 5.82 Å². The van der Waals surface area contributed by atoms with E-state index >= 15 is 0 Å². The standard InChI is InChI=1S/C17H14FNO/c1-11-6-13(9-15(18)7-11)17(20)14-8-12-4-2-3-5-16(12)19-10-14/h2-10,17,20H,1H3. The van der Waals surface area contributed by atoms with Crippen molar-refractivity contribution < 1.29 is 9.50 Å². The summed E-state index contributed by atoms with van der Waals surface area (Å²) in [6.45, 7) is 1.80. The molecule has 1 atom stereocenters. The van der Waals surface area contributed by atoms with Gasteiger partial charge in [0.1, 0.15) is 11.9 Å². The predicted octanol–water partition coefficient (Wildman–Crippen LogP) is 3.76. The molecule has 3 rings (SSSR count). The highest BCUT2D eigenvalue weighted by atomic mass is 19.1. The van der Waals surface area contributed by atoms with Gasteiger partial charge in [-0.05, 0) is 42.3 Å². The number of para-hydroxylation sites is 1. The quantitative estimate of drug-likeness (QED) is 0.766. The molecule has 1 aromatic heterocycles. The van der Waals surface area contributed by atoms with Gasteiger partial charge in [-0.25, -0.2) is 4.39 Å². The third kappa shape index (κ3) is 2.40. The van der Waals surface area contributed by atoms with Crippen molar-refractivity contribution in [2.75, 3.05) is 0 Å². The number of fused-ring (bicyclic) bond motifs is 1. The first-order chi connectivity index (χ1) is 9.63. The van der Waals surface area contributed by atoms with Crippen molar-refractivity contribution in [3.63, 3.8) is 0 Å². The lowest BCUT2D eigenvalue weighted by Crippen LogP contribution is -2.01. The van der Waals surface area contributed by atoms with Crippen molar-refractivity contribution in [2.45, 2.75) is 13.0 Å². The van der Waals surface area contributed by atoms with Gasteiger partial charge in [0.15, 0.2) is 0 Å². The average molecular weight is 267 g/mol. The topological polar surface area (TPSA) is 33.1 Å². The Kier molecular flexibility index (Phi) is 3.20. The van der Waals surface area contributed by atoms with Gasteiger partial charge >= 0.3 is 0 Å². The lowest BCUT2D eigenvalue weighted by Gasteiger charge is -2.13. The highest BCUT2D eigenvalue weighted by Crippen LogP contribution is 2.25. The van der Waals surface area contributed by atoms with Crippen molar-refractivity contribution in [3.8, 4) is 0 Å². The van der Waals surface area contributed by atoms with Crippen LogP contribution in [-0.2, 0) is 0 Å². The Bertz CT molecular complexity index is 750. The molecule has 100 valence electrons. The van der Waals surface area contributed by atoms with Crippen molar-refractivity contribution in [2.24, 2.45) is 0 Å². The van der Waals surface area contributed by atoms with E-state index < -0.39 is 6.10 Å². The number of aryl methyl sites for hydroxylation is 1. The van der Waals surface area contributed by atoms with E-state index in [1.54, 1.807) is 19.2 Å². The van der Waals surface area contributed by atoms with Crippen LogP contribution in [0.4, 0.5) is 4.39 Å². The summed E-state index contributed by atoms with van der Waals surface area (Å²) in [5.74, 6) is -0.340. The van der Waals surface area contributed by atoms with E-state index in [2.05, 4.69) is 4.98 Å². The van der Waals surface area contributed by atoms with Crippen molar-refractivity contribution in [3.05, 3.63) is 77.2 Å². The van der Waals surface area contributed by atoms with Gasteiger partial charge in [0.05, 0.1) is 5.52 Å². The van der Waals surface area contributed by atoms with Gasteiger partial charge in [0.25, 0.3) is 0 Å². The predicted molar refractivity (Wildman–Crippen MR) is 76.9 cm³/mol. The summed E-state index contributed by atoms with van der Waals surface area (Å²) in [6, 6.07) is 14.2. The molecular weight excluding hydrogens is 253 g/mol. The molecule has 20 heavy (non-hydrogen) atoms. The summed E-state index contributed by atoms with van der Waals surface area (Å²) in [5, 5.41) is 11.3. The lowest BCUT2D eigenvalue weighted by molar-refractivity contribution is 0.219. The molecule has 2 nitrogen and oxygen atoms in total. The van der Waals surface area contributed by atoms with Crippen molar-refractivity contribution >= 4 is 10.9 Å². The second-order valence-corrected chi connectivity index (χ2v) is 4.93. The number of benzene rings is 2. The Morgan fingerprint density at radius 1 is 1.05 bits per heavy atom. The number of halogens is 1. The van der Waals surface area contributed by atoms with Crippen LogP contribution in [0.1, 0.15) is 22.8 Å². The zero-order chi connectivity index (χ0) is 14.1. The molecular formula is C17H14FNO. The summed E-state index contributed by atoms with van der Waals surface area (Å²) in [4.78, 5) is 4.32. The fourth-order valence-electron chi connectivity index (χ4n) is 2.35. The van der Waals surface area contributed by atoms with Gasteiger partial charge in [0, 0.05) is 17.1 Å². The Hall–Kier alpha value is -2.26. The van der Waals surface area contributed by atoms with E-state index in [1.807, 2.05) is 30.3 Å². The van der Waals surface area contributed by atoms with Crippen LogP contribution in [0.5, 0.6) is 0 Å². The second kappa shape index (κ2) is 5.02. The number of aliphatic hydroxyl groups excluding tert-OH is 1. The second-order valence-electron chi connectivity index (χ2n) is 4.93. The van der Waals surface area contributed by atoms with Crippen molar-refractivity contribution in [1.29, 1.82) is 0 Å². The molecule has 2 aromatic carbocycles. The molecule has 0 aliphatic carbocycles. The summed E-state index contributed by atoms with van der Waals surface area (Å²) in [7, 11) is 0. The molecule has 1 N–H and O–H groups in total. The lowest BCUT2D eigenvalue weighted by atomic mass is 10.00. The van der Waals surface area contributed by atoms with Crippen LogP contribution in [0.2, 0.25) is 0 Å². The van der Waals surface area contributed by atoms with Crippen LogP contribution in [0, 0.1) is 12.7 Å². The van der Waals surface area contributed by atoms with E-state index in [0.29, 0.717) is 11.1 Å². The minimum absolute atomic E-state index is 0.340. The smallest absolute Gasteiger partial charge is 0.123 e. The summed E-state index contributed by atoms with van der Waals surface area (Å²) >= 11 is 0. The van der Waals surface area contributed by atoms with Gasteiger partial charge in [-0.1, -0.05) is 24.3 Å². The highest BCUT2D eigenvalue weighted by molar-refractivity contribution is 5.78. The Labute approximate surface area is 116 Å². The molecule has 0 bridgehead atoms. The fraction of sp³-hybridized carbons (Fsp3) is 0.118. The summed E-state index contributed by atoms with van der Waals surface area (Å²) in [5.41, 5.74) is 2.86. The van der Waals surface area contributed by atoms with Gasteiger partial charge in [-0.3, -0.25) is 4.98 Å². The maximum absolute atomic E-state index is 13.4. The highest BCUT2D eigenvalue weighted by Gasteiger charge is 2.13. The molecule has 0 spiro atoms. The molecule has 0 fully saturated rings. The number of rotatable bonds is 2. The molecule has 3 aromatic rings. The molecule has 0 aliphatic heterocycles. The van der Waals surface area contributed by atoms with Crippen LogP contribution in [-0.4, -0.2) is 10.1 Å². The summed E-state index contributed by atoms with van der Waals surface area (Å²) < 4.78 is 13.4. The third-order valence-corrected chi connectivity index (χ3v) is 3.31. The van der Waals surface area contributed by atoms with Gasteiger partial charge in [-0.15, -0.1) is 0 Å². The molecule has 0 aliphatic rings. The first-order valence-corrected chi connectivity index (χ1v) is 6.43. The number of hydrogen-bond acceptors (Lipinski definition) is 2. The maximum atomic E-state index is 13.4. The Morgan fingerprint density at radius 3 is 2.65 bits per heavy atom. The summed E-state index contributed by atoms with van der Waals surface area (Å²) in [6.07, 6.45) is 0.759. The van der Waals surface area contributed by atoms with Crippen LogP contribution in [0.3, 0.4) is 0 Å². The number of aliphatic hydroxyl groups is 1. The zero-order valence-corrected chi connectivity index (χ0v) is 11.0. The minimum atomic E-state index is -0.874. The number of hydrogen-bond donors (Lipinski definition) is 1. The van der Waals surface area contributed by atoms with Crippen LogP contribution in [0.25, 0.3) is 10.9 Å². The number of pyridine rings is 1. The zero-order valence-electron chi connectivity index (χ0n) is 11.0. The fourth-order valence-corrected chi connectivity index (χ4v) is 2.35. The van der Waals surface area contributed by atoms with Gasteiger partial charge < -0.3 is 5.11 Å². The Balaban J connectivity index is 2.05. The maximum Gasteiger partial charge on any atom is 0.123 e. The third-order valence-electron chi connectivity index (χ3n) is 3.31. The minimum Gasteiger partial charge on any atom is -0.384 e. The van der Waals surface area contributed by atoms with E-state index in [1.165, 1.54) is 12.1 Å². The molecule has 1 heterocycles. The number of aromatic nitrogens is 1. The van der Waals surface area contributed by atoms with Crippen LogP contribution >= 0.6 is 0 Å². The van der Waals surface area contributed by atoms with Crippen molar-refractivity contribution in [1.82, 2.24) is 4.98 Å². The average Bonchev–Trinajstić information content (AvgIpc) is 2.45. The van der Waals surface area contributed by atoms with E-state index in [0.717, 1.165) is 16.5 Å². The van der Waals surface area contributed by atoms with Gasteiger partial charge in [-0.2, -0.15) is 0 Å². The normalized spacial score (nSPS) is 12.6. The molecule has 0 saturated carbocycles. The molecule has 0 saturated heterocycles. The van der Waals surface area contributed by atoms with E-state index in [4.69, 9.17) is 0 Å². The number of nitrogens with zero attached hydrogens (tertiary/aromatic N) is 1. The molecule has 0 radical (unpaired) electrons. The van der Waals surface area contributed by atoms with Gasteiger partial charge in [0.2, 0.25) is 0 Å².